The van der Waals surface area contributed by atoms with Crippen molar-refractivity contribution in [3.8, 4) is 44.5 Å². The molecule has 0 amide bonds. The molecule has 0 saturated carbocycles. The van der Waals surface area contributed by atoms with Gasteiger partial charge in [0.05, 0.1) is 11.1 Å². The fourth-order valence-electron chi connectivity index (χ4n) is 9.64. The molecule has 0 spiro atoms. The summed E-state index contributed by atoms with van der Waals surface area (Å²) >= 11 is 0. The van der Waals surface area contributed by atoms with Crippen LogP contribution in [0.15, 0.2) is 249 Å². The highest BCUT2D eigenvalue weighted by Gasteiger charge is 2.47. The van der Waals surface area contributed by atoms with Crippen LogP contribution >= 0.6 is 0 Å². The van der Waals surface area contributed by atoms with Crippen LogP contribution < -0.4 is 4.90 Å². The van der Waals surface area contributed by atoms with Crippen molar-refractivity contribution in [2.75, 3.05) is 4.90 Å². The zero-order chi connectivity index (χ0) is 39.9. The second-order valence-electron chi connectivity index (χ2n) is 15.6. The quantitative estimate of drug-likeness (QED) is 0.149. The van der Waals surface area contributed by atoms with Gasteiger partial charge in [0.1, 0.15) is 0 Å². The van der Waals surface area contributed by atoms with E-state index in [-0.39, 0.29) is 0 Å². The molecule has 0 atom stereocenters. The molecule has 0 saturated heterocycles. The topological polar surface area (TPSA) is 3.24 Å². The molecule has 0 heterocycles. The van der Waals surface area contributed by atoms with E-state index < -0.39 is 5.41 Å². The second kappa shape index (κ2) is 14.9. The van der Waals surface area contributed by atoms with E-state index in [0.717, 1.165) is 17.1 Å². The fraction of sp³-hybridized carbons (Fsp3) is 0.0169. The molecule has 0 unspecified atom stereocenters. The molecule has 0 N–H and O–H groups in total. The van der Waals surface area contributed by atoms with Crippen LogP contribution in [0, 0.1) is 0 Å². The van der Waals surface area contributed by atoms with E-state index in [1.165, 1.54) is 77.5 Å². The highest BCUT2D eigenvalue weighted by Crippen LogP contribution is 2.59. The maximum Gasteiger partial charge on any atom is 0.0719 e. The molecule has 0 aromatic heterocycles. The summed E-state index contributed by atoms with van der Waals surface area (Å²) in [7, 11) is 0. The Kier molecular flexibility index (Phi) is 8.79. The Morgan fingerprint density at radius 3 is 1.25 bits per heavy atom. The van der Waals surface area contributed by atoms with Gasteiger partial charge in [-0.2, -0.15) is 0 Å². The van der Waals surface area contributed by atoms with Crippen molar-refractivity contribution in [3.05, 3.63) is 271 Å². The van der Waals surface area contributed by atoms with Crippen LogP contribution in [-0.2, 0) is 5.41 Å². The summed E-state index contributed by atoms with van der Waals surface area (Å²) in [6, 6.07) is 91.1. The molecule has 1 heteroatoms. The first kappa shape index (κ1) is 35.4. The van der Waals surface area contributed by atoms with Gasteiger partial charge in [0.2, 0.25) is 0 Å². The first-order valence-electron chi connectivity index (χ1n) is 20.8. The minimum atomic E-state index is -0.543. The molecular formula is C59H41N. The van der Waals surface area contributed by atoms with E-state index in [0.29, 0.717) is 0 Å². The van der Waals surface area contributed by atoms with Crippen LogP contribution in [0.25, 0.3) is 55.3 Å². The predicted octanol–water partition coefficient (Wildman–Crippen LogP) is 15.7. The summed E-state index contributed by atoms with van der Waals surface area (Å²) in [6.45, 7) is 0. The summed E-state index contributed by atoms with van der Waals surface area (Å²) < 4.78 is 0. The fourth-order valence-corrected chi connectivity index (χ4v) is 9.64. The Morgan fingerprint density at radius 1 is 0.300 bits per heavy atom. The van der Waals surface area contributed by atoms with Crippen LogP contribution in [0.1, 0.15) is 22.3 Å². The number of fused-ring (bicyclic) bond motifs is 5. The molecule has 0 aliphatic heterocycles. The van der Waals surface area contributed by atoms with Crippen molar-refractivity contribution < 1.29 is 0 Å². The smallest absolute Gasteiger partial charge is 0.0719 e. The van der Waals surface area contributed by atoms with Crippen LogP contribution in [-0.4, -0.2) is 0 Å². The maximum atomic E-state index is 2.49. The minimum Gasteiger partial charge on any atom is -0.310 e. The molecule has 1 aliphatic carbocycles. The average Bonchev–Trinajstić information content (AvgIpc) is 3.65. The summed E-state index contributed by atoms with van der Waals surface area (Å²) in [6.07, 6.45) is 0. The van der Waals surface area contributed by atoms with E-state index in [9.17, 15) is 0 Å². The number of benzene rings is 10. The Balaban J connectivity index is 1.22. The van der Waals surface area contributed by atoms with Gasteiger partial charge in [-0.05, 0) is 108 Å². The first-order valence-corrected chi connectivity index (χ1v) is 20.8. The second-order valence-corrected chi connectivity index (χ2v) is 15.6. The normalized spacial score (nSPS) is 12.5. The molecule has 60 heavy (non-hydrogen) atoms. The molecular weight excluding hydrogens is 723 g/mol. The highest BCUT2D eigenvalue weighted by molar-refractivity contribution is 6.05. The number of hydrogen-bond acceptors (Lipinski definition) is 1. The van der Waals surface area contributed by atoms with E-state index >= 15 is 0 Å². The van der Waals surface area contributed by atoms with Crippen molar-refractivity contribution in [2.24, 2.45) is 0 Å². The van der Waals surface area contributed by atoms with Gasteiger partial charge in [-0.15, -0.1) is 0 Å². The van der Waals surface area contributed by atoms with Crippen LogP contribution in [0.3, 0.4) is 0 Å². The van der Waals surface area contributed by atoms with Gasteiger partial charge in [0, 0.05) is 16.9 Å². The van der Waals surface area contributed by atoms with Crippen molar-refractivity contribution in [1.82, 2.24) is 0 Å². The third-order valence-electron chi connectivity index (χ3n) is 12.3. The SMILES string of the molecule is c1ccc(-c2ccc(N(c3ccc(-c4ccccc4)cc3)c3cc4c5c(ccc4cc3-c3ccccc3)-c3ccccc3C5(c3ccccc3)c3ccccc3)cc2)cc1. The first-order chi connectivity index (χ1) is 29.8. The average molecular weight is 764 g/mol. The molecule has 1 nitrogen and oxygen atoms in total. The van der Waals surface area contributed by atoms with E-state index in [2.05, 4.69) is 254 Å². The number of nitrogens with zero attached hydrogens (tertiary/aromatic N) is 1. The van der Waals surface area contributed by atoms with Gasteiger partial charge in [0.25, 0.3) is 0 Å². The van der Waals surface area contributed by atoms with Crippen LogP contribution in [0.2, 0.25) is 0 Å². The Morgan fingerprint density at radius 2 is 0.733 bits per heavy atom. The summed E-state index contributed by atoms with van der Waals surface area (Å²) in [4.78, 5) is 2.46. The lowest BCUT2D eigenvalue weighted by Gasteiger charge is -2.35. The number of hydrogen-bond donors (Lipinski definition) is 0. The van der Waals surface area contributed by atoms with Gasteiger partial charge in [0.15, 0.2) is 0 Å². The highest BCUT2D eigenvalue weighted by atomic mass is 15.1. The third kappa shape index (κ3) is 5.86. The Bertz CT molecular complexity index is 2960. The van der Waals surface area contributed by atoms with Gasteiger partial charge in [-0.25, -0.2) is 0 Å². The number of rotatable bonds is 8. The van der Waals surface area contributed by atoms with E-state index in [4.69, 9.17) is 0 Å². The molecule has 11 rings (SSSR count). The van der Waals surface area contributed by atoms with Gasteiger partial charge < -0.3 is 4.90 Å². The monoisotopic (exact) mass is 763 g/mol. The standard InChI is InChI=1S/C59H41N/c1-6-18-42(19-7-1)44-30-35-50(36-31-44)60(51-37-32-45(33-38-51)43-20-8-2-9-21-43)57-41-55-47(40-54(57)46-22-10-3-11-23-46)34-39-53-52-28-16-17-29-56(52)59(58(53)55,48-24-12-4-13-25-48)49-26-14-5-15-27-49/h1-41H. The van der Waals surface area contributed by atoms with Crippen LogP contribution in [0.4, 0.5) is 17.1 Å². The predicted molar refractivity (Wildman–Crippen MR) is 252 cm³/mol. The largest absolute Gasteiger partial charge is 0.310 e. The summed E-state index contributed by atoms with van der Waals surface area (Å²) in [5.74, 6) is 0. The summed E-state index contributed by atoms with van der Waals surface area (Å²) in [5, 5.41) is 2.44. The van der Waals surface area contributed by atoms with E-state index in [1.807, 2.05) is 0 Å². The molecule has 10 aromatic rings. The van der Waals surface area contributed by atoms with Crippen molar-refractivity contribution in [1.29, 1.82) is 0 Å². The molecule has 10 aromatic carbocycles. The Labute approximate surface area is 352 Å². The lowest BCUT2D eigenvalue weighted by Crippen LogP contribution is -2.28. The third-order valence-corrected chi connectivity index (χ3v) is 12.3. The van der Waals surface area contributed by atoms with Gasteiger partial charge >= 0.3 is 0 Å². The lowest BCUT2D eigenvalue weighted by molar-refractivity contribution is 0.775. The molecule has 282 valence electrons. The van der Waals surface area contributed by atoms with Crippen LogP contribution in [0.5, 0.6) is 0 Å². The molecule has 0 bridgehead atoms. The van der Waals surface area contributed by atoms with Crippen molar-refractivity contribution in [3.63, 3.8) is 0 Å². The zero-order valence-electron chi connectivity index (χ0n) is 33.1. The maximum absolute atomic E-state index is 2.49. The molecule has 0 fully saturated rings. The van der Waals surface area contributed by atoms with Gasteiger partial charge in [-0.1, -0.05) is 212 Å². The van der Waals surface area contributed by atoms with E-state index in [1.54, 1.807) is 0 Å². The minimum absolute atomic E-state index is 0.543. The van der Waals surface area contributed by atoms with Crippen molar-refractivity contribution in [2.45, 2.75) is 5.41 Å². The van der Waals surface area contributed by atoms with Crippen molar-refractivity contribution >= 4 is 27.8 Å². The molecule has 0 radical (unpaired) electrons. The number of anilines is 3. The molecule has 1 aliphatic rings. The van der Waals surface area contributed by atoms with Gasteiger partial charge in [-0.3, -0.25) is 0 Å². The summed E-state index contributed by atoms with van der Waals surface area (Å²) in [5.41, 5.74) is 17.6. The Hall–Kier alpha value is -7.74. The zero-order valence-corrected chi connectivity index (χ0v) is 33.1. The lowest BCUT2D eigenvalue weighted by atomic mass is 9.66.